The number of aromatic nitrogens is 3. The van der Waals surface area contributed by atoms with Crippen LogP contribution in [0.2, 0.25) is 0 Å². The number of benzene rings is 2. The maximum Gasteiger partial charge on any atom is 0.271 e. The number of thiophene rings is 1. The van der Waals surface area contributed by atoms with Gasteiger partial charge in [-0.2, -0.15) is 0 Å². The first-order chi connectivity index (χ1) is 16.1. The lowest BCUT2D eigenvalue weighted by Gasteiger charge is -2.08. The van der Waals surface area contributed by atoms with Crippen LogP contribution < -0.4 is 15.6 Å². The summed E-state index contributed by atoms with van der Waals surface area (Å²) in [5.74, 6) is 0.420. The van der Waals surface area contributed by atoms with Crippen molar-refractivity contribution in [2.24, 2.45) is 0 Å². The molecule has 0 radical (unpaired) electrons. The Kier molecular flexibility index (Phi) is 5.58. The van der Waals surface area contributed by atoms with Crippen molar-refractivity contribution in [3.05, 3.63) is 83.4 Å². The highest BCUT2D eigenvalue weighted by Crippen LogP contribution is 2.31. The second-order valence-electron chi connectivity index (χ2n) is 7.38. The van der Waals surface area contributed by atoms with Crippen molar-refractivity contribution in [2.75, 3.05) is 11.9 Å². The quantitative estimate of drug-likeness (QED) is 0.400. The molecule has 3 aromatic heterocycles. The number of rotatable bonds is 6. The summed E-state index contributed by atoms with van der Waals surface area (Å²) in [6, 6.07) is 20.8. The van der Waals surface area contributed by atoms with E-state index in [1.807, 2.05) is 49.4 Å². The lowest BCUT2D eigenvalue weighted by atomic mass is 10.1. The van der Waals surface area contributed by atoms with E-state index in [0.717, 1.165) is 27.2 Å². The summed E-state index contributed by atoms with van der Waals surface area (Å²) in [6.45, 7) is 2.35. The Morgan fingerprint density at radius 2 is 1.85 bits per heavy atom. The number of pyridine rings is 1. The largest absolute Gasteiger partial charge is 0.494 e. The Bertz CT molecular complexity index is 1510. The monoisotopic (exact) mass is 456 g/mol. The Morgan fingerprint density at radius 3 is 2.61 bits per heavy atom. The number of fused-ring (bicyclic) bond motifs is 3. The molecule has 0 saturated heterocycles. The molecule has 0 bridgehead atoms. The average molecular weight is 457 g/mol. The summed E-state index contributed by atoms with van der Waals surface area (Å²) >= 11 is 1.30. The normalized spacial score (nSPS) is 11.1. The fraction of sp³-hybridized carbons (Fsp3) is 0.120. The maximum absolute atomic E-state index is 13.1. The predicted molar refractivity (Wildman–Crippen MR) is 131 cm³/mol. The van der Waals surface area contributed by atoms with Gasteiger partial charge in [0.25, 0.3) is 5.56 Å². The molecule has 3 heterocycles. The molecule has 33 heavy (non-hydrogen) atoms. The Labute approximate surface area is 193 Å². The molecule has 0 aliphatic carbocycles. The average Bonchev–Trinajstić information content (AvgIpc) is 3.21. The minimum atomic E-state index is -0.312. The smallest absolute Gasteiger partial charge is 0.271 e. The molecule has 8 heteroatoms. The van der Waals surface area contributed by atoms with Gasteiger partial charge in [-0.3, -0.25) is 14.2 Å². The van der Waals surface area contributed by atoms with Crippen LogP contribution in [-0.4, -0.2) is 27.0 Å². The molecule has 1 N–H and O–H groups in total. The molecule has 0 aliphatic rings. The maximum atomic E-state index is 13.1. The highest BCUT2D eigenvalue weighted by Gasteiger charge is 2.15. The lowest BCUT2D eigenvalue weighted by molar-refractivity contribution is -0.116. The number of carbonyl (C=O) groups excluding carboxylic acids is 1. The van der Waals surface area contributed by atoms with Gasteiger partial charge in [0, 0.05) is 16.6 Å². The van der Waals surface area contributed by atoms with E-state index in [4.69, 9.17) is 9.72 Å². The molecule has 0 spiro atoms. The van der Waals surface area contributed by atoms with Crippen LogP contribution in [0.5, 0.6) is 5.75 Å². The molecular weight excluding hydrogens is 436 g/mol. The van der Waals surface area contributed by atoms with Crippen LogP contribution in [0.4, 0.5) is 5.69 Å². The molecule has 0 saturated carbocycles. The summed E-state index contributed by atoms with van der Waals surface area (Å²) in [5.41, 5.74) is 2.82. The minimum Gasteiger partial charge on any atom is -0.494 e. The first-order valence-corrected chi connectivity index (χ1v) is 11.3. The Balaban J connectivity index is 1.41. The van der Waals surface area contributed by atoms with Crippen molar-refractivity contribution >= 4 is 43.4 Å². The fourth-order valence-corrected chi connectivity index (χ4v) is 4.66. The third-order valence-electron chi connectivity index (χ3n) is 5.14. The van der Waals surface area contributed by atoms with Crippen LogP contribution in [-0.2, 0) is 11.3 Å². The number of nitrogens with zero attached hydrogens (tertiary/aromatic N) is 3. The molecule has 7 nitrogen and oxygen atoms in total. The van der Waals surface area contributed by atoms with Crippen molar-refractivity contribution in [1.82, 2.24) is 14.5 Å². The number of anilines is 1. The topological polar surface area (TPSA) is 86.1 Å². The van der Waals surface area contributed by atoms with Crippen molar-refractivity contribution in [1.29, 1.82) is 0 Å². The highest BCUT2D eigenvalue weighted by molar-refractivity contribution is 7.25. The van der Waals surface area contributed by atoms with Crippen LogP contribution in [0.25, 0.3) is 31.7 Å². The van der Waals surface area contributed by atoms with E-state index >= 15 is 0 Å². The van der Waals surface area contributed by atoms with Gasteiger partial charge in [-0.15, -0.1) is 11.3 Å². The van der Waals surface area contributed by atoms with Crippen molar-refractivity contribution in [3.63, 3.8) is 0 Å². The van der Waals surface area contributed by atoms with E-state index in [1.54, 1.807) is 24.3 Å². The fourth-order valence-electron chi connectivity index (χ4n) is 3.59. The van der Waals surface area contributed by atoms with Gasteiger partial charge in [-0.1, -0.05) is 30.3 Å². The third-order valence-corrected chi connectivity index (χ3v) is 6.22. The van der Waals surface area contributed by atoms with Crippen molar-refractivity contribution in [3.8, 4) is 17.0 Å². The van der Waals surface area contributed by atoms with Crippen LogP contribution in [0, 0.1) is 0 Å². The van der Waals surface area contributed by atoms with Crippen molar-refractivity contribution < 1.29 is 9.53 Å². The molecule has 2 aromatic carbocycles. The number of amides is 1. The van der Waals surface area contributed by atoms with Gasteiger partial charge in [-0.05, 0) is 43.3 Å². The van der Waals surface area contributed by atoms with Crippen LogP contribution in [0.1, 0.15) is 6.92 Å². The number of nitrogens with one attached hydrogen (secondary N) is 1. The summed E-state index contributed by atoms with van der Waals surface area (Å²) in [6.07, 6.45) is 1.42. The summed E-state index contributed by atoms with van der Waals surface area (Å²) in [7, 11) is 0. The Hall–Kier alpha value is -4.04. The van der Waals surface area contributed by atoms with Gasteiger partial charge in [0.2, 0.25) is 5.91 Å². The number of hydrogen-bond acceptors (Lipinski definition) is 6. The van der Waals surface area contributed by atoms with E-state index in [1.165, 1.54) is 22.2 Å². The van der Waals surface area contributed by atoms with E-state index in [9.17, 15) is 9.59 Å². The molecule has 0 aliphatic heterocycles. The molecule has 5 aromatic rings. The molecule has 164 valence electrons. The van der Waals surface area contributed by atoms with E-state index in [2.05, 4.69) is 10.3 Å². The van der Waals surface area contributed by atoms with E-state index in [0.29, 0.717) is 22.5 Å². The van der Waals surface area contributed by atoms with Gasteiger partial charge < -0.3 is 10.1 Å². The second-order valence-corrected chi connectivity index (χ2v) is 8.38. The van der Waals surface area contributed by atoms with Gasteiger partial charge in [0.15, 0.2) is 0 Å². The number of carbonyl (C=O) groups is 1. The van der Waals surface area contributed by atoms with Gasteiger partial charge in [-0.25, -0.2) is 9.97 Å². The van der Waals surface area contributed by atoms with Gasteiger partial charge in [0.1, 0.15) is 21.8 Å². The highest BCUT2D eigenvalue weighted by atomic mass is 32.1. The lowest BCUT2D eigenvalue weighted by Crippen LogP contribution is -2.27. The summed E-state index contributed by atoms with van der Waals surface area (Å²) in [4.78, 5) is 35.5. The van der Waals surface area contributed by atoms with Crippen LogP contribution in [0.15, 0.2) is 77.9 Å². The third kappa shape index (κ3) is 4.20. The van der Waals surface area contributed by atoms with Crippen LogP contribution >= 0.6 is 11.3 Å². The first-order valence-electron chi connectivity index (χ1n) is 10.5. The summed E-state index contributed by atoms with van der Waals surface area (Å²) < 4.78 is 7.21. The zero-order valence-electron chi connectivity index (χ0n) is 17.8. The second kappa shape index (κ2) is 8.84. The molecule has 0 fully saturated rings. The number of hydrogen-bond donors (Lipinski definition) is 1. The van der Waals surface area contributed by atoms with Crippen molar-refractivity contribution in [2.45, 2.75) is 13.5 Å². The molecular formula is C25H20N4O3S. The molecule has 0 unspecified atom stereocenters. The zero-order valence-corrected chi connectivity index (χ0v) is 18.6. The standard InChI is InChI=1S/C25H20N4O3S/c1-2-32-18-10-8-17(9-11-18)27-21(30)14-29-15-26-22-19-12-13-20(16-6-4-3-5-7-16)28-24(19)33-23(22)25(29)31/h3-13,15H,2,14H2,1H3,(H,27,30). The van der Waals surface area contributed by atoms with E-state index < -0.39 is 0 Å². The molecule has 5 rings (SSSR count). The molecule has 1 amide bonds. The van der Waals surface area contributed by atoms with E-state index in [-0.39, 0.29) is 18.0 Å². The van der Waals surface area contributed by atoms with Gasteiger partial charge >= 0.3 is 0 Å². The number of ether oxygens (including phenoxy) is 1. The predicted octanol–water partition coefficient (Wildman–Crippen LogP) is 4.71. The zero-order chi connectivity index (χ0) is 22.8. The minimum absolute atomic E-state index is 0.133. The Morgan fingerprint density at radius 1 is 1.06 bits per heavy atom. The summed E-state index contributed by atoms with van der Waals surface area (Å²) in [5, 5.41) is 3.63. The molecule has 0 atom stereocenters. The first kappa shape index (κ1) is 20.8. The van der Waals surface area contributed by atoms with Crippen LogP contribution in [0.3, 0.4) is 0 Å². The SMILES string of the molecule is CCOc1ccc(NC(=O)Cn2cnc3c(sc4nc(-c5ccccc5)ccc43)c2=O)cc1. The van der Waals surface area contributed by atoms with Gasteiger partial charge in [0.05, 0.1) is 24.1 Å².